The summed E-state index contributed by atoms with van der Waals surface area (Å²) < 4.78 is 7.36. The van der Waals surface area contributed by atoms with Crippen molar-refractivity contribution in [3.8, 4) is 0 Å². The van der Waals surface area contributed by atoms with Crippen LogP contribution in [-0.2, 0) is 30.5 Å². The highest BCUT2D eigenvalue weighted by Gasteiger charge is 2.31. The predicted molar refractivity (Wildman–Crippen MR) is 111 cm³/mol. The number of morpholine rings is 1. The standard InChI is InChI=1S/C21H28N4O2S/c1-2-9-25-19-6-5-16(22-8-7-17-4-3-14-28-17)15-18(19)20(23-25)21(26)24-10-12-27-13-11-24/h2-4,14,16,22H,1,5-13,15H2/t16-/m0/s1. The maximum Gasteiger partial charge on any atom is 0.274 e. The van der Waals surface area contributed by atoms with Crippen molar-refractivity contribution < 1.29 is 9.53 Å². The maximum atomic E-state index is 13.1. The largest absolute Gasteiger partial charge is 0.378 e. The number of allylic oxidation sites excluding steroid dienone is 1. The Kier molecular flexibility index (Phi) is 6.24. The fraction of sp³-hybridized carbons (Fsp3) is 0.524. The van der Waals surface area contributed by atoms with Crippen LogP contribution in [-0.4, -0.2) is 59.5 Å². The molecule has 1 saturated heterocycles. The Morgan fingerprint density at radius 1 is 1.43 bits per heavy atom. The van der Waals surface area contributed by atoms with E-state index in [-0.39, 0.29) is 5.91 Å². The first kappa shape index (κ1) is 19.4. The summed E-state index contributed by atoms with van der Waals surface area (Å²) in [6.45, 7) is 7.96. The number of hydrogen-bond acceptors (Lipinski definition) is 5. The summed E-state index contributed by atoms with van der Waals surface area (Å²) in [6, 6.07) is 4.68. The number of carbonyl (C=O) groups is 1. The summed E-state index contributed by atoms with van der Waals surface area (Å²) in [7, 11) is 0. The minimum atomic E-state index is 0.0431. The molecule has 7 heteroatoms. The van der Waals surface area contributed by atoms with Gasteiger partial charge in [0.2, 0.25) is 0 Å². The second-order valence-corrected chi connectivity index (χ2v) is 8.40. The van der Waals surface area contributed by atoms with E-state index in [2.05, 4.69) is 29.4 Å². The minimum absolute atomic E-state index is 0.0431. The molecule has 2 aromatic heterocycles. The molecule has 3 heterocycles. The highest BCUT2D eigenvalue weighted by Crippen LogP contribution is 2.26. The molecule has 0 aromatic carbocycles. The van der Waals surface area contributed by atoms with Crippen molar-refractivity contribution in [1.82, 2.24) is 20.0 Å². The van der Waals surface area contributed by atoms with Gasteiger partial charge in [0.25, 0.3) is 5.91 Å². The average Bonchev–Trinajstić information content (AvgIpc) is 3.37. The maximum absolute atomic E-state index is 13.1. The number of amides is 1. The van der Waals surface area contributed by atoms with Crippen LogP contribution in [0.2, 0.25) is 0 Å². The zero-order chi connectivity index (χ0) is 19.3. The van der Waals surface area contributed by atoms with Crippen LogP contribution >= 0.6 is 11.3 Å². The number of nitrogens with zero attached hydrogens (tertiary/aromatic N) is 3. The van der Waals surface area contributed by atoms with Crippen LogP contribution in [0.5, 0.6) is 0 Å². The smallest absolute Gasteiger partial charge is 0.274 e. The van der Waals surface area contributed by atoms with Gasteiger partial charge in [0, 0.05) is 41.8 Å². The van der Waals surface area contributed by atoms with Crippen molar-refractivity contribution in [3.63, 3.8) is 0 Å². The number of carbonyl (C=O) groups excluding carboxylic acids is 1. The number of rotatable bonds is 7. The van der Waals surface area contributed by atoms with Crippen molar-refractivity contribution in [2.45, 2.75) is 38.3 Å². The molecule has 0 unspecified atom stereocenters. The van der Waals surface area contributed by atoms with E-state index in [1.165, 1.54) is 10.6 Å². The van der Waals surface area contributed by atoms with Crippen LogP contribution in [0.4, 0.5) is 0 Å². The molecule has 0 radical (unpaired) electrons. The van der Waals surface area contributed by atoms with E-state index in [1.807, 2.05) is 15.7 Å². The van der Waals surface area contributed by atoms with Crippen LogP contribution in [0, 0.1) is 0 Å². The van der Waals surface area contributed by atoms with Gasteiger partial charge >= 0.3 is 0 Å². The average molecular weight is 401 g/mol. The van der Waals surface area contributed by atoms with Gasteiger partial charge in [0.05, 0.1) is 19.8 Å². The fourth-order valence-corrected chi connectivity index (χ4v) is 4.79. The molecule has 0 bridgehead atoms. The van der Waals surface area contributed by atoms with Crippen LogP contribution in [0.1, 0.15) is 33.0 Å². The molecule has 0 spiro atoms. The number of aromatic nitrogens is 2. The molecule has 2 aliphatic rings. The van der Waals surface area contributed by atoms with Crippen molar-refractivity contribution >= 4 is 17.2 Å². The lowest BCUT2D eigenvalue weighted by Crippen LogP contribution is -2.42. The summed E-state index contributed by atoms with van der Waals surface area (Å²) in [4.78, 5) is 16.4. The highest BCUT2D eigenvalue weighted by atomic mass is 32.1. The molecule has 1 aliphatic heterocycles. The Hall–Kier alpha value is -1.96. The molecule has 0 saturated carbocycles. The van der Waals surface area contributed by atoms with Crippen molar-refractivity contribution in [1.29, 1.82) is 0 Å². The quantitative estimate of drug-likeness (QED) is 0.725. The van der Waals surface area contributed by atoms with E-state index in [4.69, 9.17) is 9.84 Å². The topological polar surface area (TPSA) is 59.4 Å². The van der Waals surface area contributed by atoms with Gasteiger partial charge in [-0.1, -0.05) is 12.1 Å². The minimum Gasteiger partial charge on any atom is -0.378 e. The van der Waals surface area contributed by atoms with Crippen molar-refractivity contribution in [3.05, 3.63) is 52.0 Å². The molecule has 6 nitrogen and oxygen atoms in total. The SMILES string of the molecule is C=CCn1nc(C(=O)N2CCOCC2)c2c1CC[C@H](NCCc1cccs1)C2. The Balaban J connectivity index is 1.47. The second-order valence-electron chi connectivity index (χ2n) is 7.37. The Morgan fingerprint density at radius 2 is 2.29 bits per heavy atom. The van der Waals surface area contributed by atoms with Gasteiger partial charge in [-0.05, 0) is 37.1 Å². The van der Waals surface area contributed by atoms with Gasteiger partial charge in [-0.2, -0.15) is 5.10 Å². The second kappa shape index (κ2) is 9.03. The molecule has 1 aliphatic carbocycles. The van der Waals surface area contributed by atoms with Gasteiger partial charge in [-0.15, -0.1) is 17.9 Å². The third kappa shape index (κ3) is 4.21. The lowest BCUT2D eigenvalue weighted by molar-refractivity contribution is 0.0297. The van der Waals surface area contributed by atoms with Crippen molar-refractivity contribution in [2.24, 2.45) is 0 Å². The molecular formula is C21H28N4O2S. The molecule has 1 atom stereocenters. The summed E-state index contributed by atoms with van der Waals surface area (Å²) in [5, 5.41) is 10.5. The summed E-state index contributed by atoms with van der Waals surface area (Å²) in [5.74, 6) is 0.0431. The van der Waals surface area contributed by atoms with E-state index >= 15 is 0 Å². The molecule has 150 valence electrons. The third-order valence-corrected chi connectivity index (χ3v) is 6.47. The van der Waals surface area contributed by atoms with E-state index in [9.17, 15) is 4.79 Å². The summed E-state index contributed by atoms with van der Waals surface area (Å²) in [5.41, 5.74) is 2.95. The fourth-order valence-electron chi connectivity index (χ4n) is 4.08. The van der Waals surface area contributed by atoms with Gasteiger partial charge < -0.3 is 15.0 Å². The zero-order valence-corrected chi connectivity index (χ0v) is 17.0. The number of fused-ring (bicyclic) bond motifs is 1. The molecule has 1 amide bonds. The monoisotopic (exact) mass is 400 g/mol. The lowest BCUT2D eigenvalue weighted by atomic mass is 9.91. The van der Waals surface area contributed by atoms with Crippen LogP contribution in [0.3, 0.4) is 0 Å². The molecule has 1 N–H and O–H groups in total. The van der Waals surface area contributed by atoms with Crippen LogP contribution in [0.25, 0.3) is 0 Å². The van der Waals surface area contributed by atoms with Crippen LogP contribution in [0.15, 0.2) is 30.2 Å². The van der Waals surface area contributed by atoms with Gasteiger partial charge in [0.15, 0.2) is 5.69 Å². The van der Waals surface area contributed by atoms with Gasteiger partial charge in [0.1, 0.15) is 0 Å². The third-order valence-electron chi connectivity index (χ3n) is 5.53. The number of hydrogen-bond donors (Lipinski definition) is 1. The molecule has 2 aromatic rings. The number of thiophene rings is 1. The molecule has 28 heavy (non-hydrogen) atoms. The van der Waals surface area contributed by atoms with Gasteiger partial charge in [-0.25, -0.2) is 0 Å². The van der Waals surface area contributed by atoms with E-state index in [1.54, 1.807) is 11.3 Å². The summed E-state index contributed by atoms with van der Waals surface area (Å²) in [6.07, 6.45) is 5.79. The molecule has 1 fully saturated rings. The first-order chi connectivity index (χ1) is 13.8. The van der Waals surface area contributed by atoms with E-state index in [0.29, 0.717) is 44.6 Å². The highest BCUT2D eigenvalue weighted by molar-refractivity contribution is 7.09. The Bertz CT molecular complexity index is 809. The first-order valence-electron chi connectivity index (χ1n) is 10.1. The number of ether oxygens (including phenoxy) is 1. The molecule has 4 rings (SSSR count). The van der Waals surface area contributed by atoms with E-state index < -0.39 is 0 Å². The zero-order valence-electron chi connectivity index (χ0n) is 16.2. The Labute approximate surface area is 170 Å². The van der Waals surface area contributed by atoms with Crippen LogP contribution < -0.4 is 5.32 Å². The number of nitrogens with one attached hydrogen (secondary N) is 1. The van der Waals surface area contributed by atoms with E-state index in [0.717, 1.165) is 37.8 Å². The Morgan fingerprint density at radius 3 is 3.04 bits per heavy atom. The first-order valence-corrected chi connectivity index (χ1v) is 11.0. The van der Waals surface area contributed by atoms with Gasteiger partial charge in [-0.3, -0.25) is 9.48 Å². The van der Waals surface area contributed by atoms with Crippen molar-refractivity contribution in [2.75, 3.05) is 32.8 Å². The summed E-state index contributed by atoms with van der Waals surface area (Å²) >= 11 is 1.81. The normalized spacial score (nSPS) is 19.4. The molecular weight excluding hydrogens is 372 g/mol. The predicted octanol–water partition coefficient (Wildman–Crippen LogP) is 2.29. The lowest BCUT2D eigenvalue weighted by Gasteiger charge is -2.28.